The highest BCUT2D eigenvalue weighted by molar-refractivity contribution is 5.93. The first-order chi connectivity index (χ1) is 8.20. The smallest absolute Gasteiger partial charge is 0.257 e. The van der Waals surface area contributed by atoms with Gasteiger partial charge in [-0.25, -0.2) is 0 Å². The van der Waals surface area contributed by atoms with E-state index >= 15 is 0 Å². The normalized spacial score (nSPS) is 12.4. The van der Waals surface area contributed by atoms with Crippen LogP contribution in [0.4, 0.5) is 0 Å². The molecule has 1 heterocycles. The molecule has 1 amide bonds. The third-order valence-electron chi connectivity index (χ3n) is 2.48. The van der Waals surface area contributed by atoms with E-state index in [1.54, 1.807) is 25.3 Å². The van der Waals surface area contributed by atoms with Gasteiger partial charge in [-0.05, 0) is 6.92 Å². The van der Waals surface area contributed by atoms with Crippen molar-refractivity contribution < 1.29 is 14.3 Å². The average Bonchev–Trinajstić information content (AvgIpc) is 2.83. The summed E-state index contributed by atoms with van der Waals surface area (Å²) in [5, 5.41) is 6.41. The van der Waals surface area contributed by atoms with Crippen molar-refractivity contribution in [3.63, 3.8) is 0 Å². The molecule has 0 spiro atoms. The van der Waals surface area contributed by atoms with E-state index in [0.717, 1.165) is 0 Å². The molecule has 0 fully saturated rings. The molecule has 0 aliphatic heterocycles. The van der Waals surface area contributed by atoms with Crippen LogP contribution in [0.2, 0.25) is 0 Å². The van der Waals surface area contributed by atoms with E-state index in [9.17, 15) is 4.79 Å². The first-order valence-electron chi connectivity index (χ1n) is 5.48. The molecule has 17 heavy (non-hydrogen) atoms. The Morgan fingerprint density at radius 3 is 2.82 bits per heavy atom. The van der Waals surface area contributed by atoms with E-state index in [-0.39, 0.29) is 11.9 Å². The molecule has 6 heteroatoms. The molecule has 0 bridgehead atoms. The number of hydrogen-bond acceptors (Lipinski definition) is 4. The van der Waals surface area contributed by atoms with E-state index in [1.807, 2.05) is 6.92 Å². The summed E-state index contributed by atoms with van der Waals surface area (Å²) in [7, 11) is 3.23. The monoisotopic (exact) mass is 241 g/mol. The predicted molar refractivity (Wildman–Crippen MR) is 62.8 cm³/mol. The van der Waals surface area contributed by atoms with Crippen molar-refractivity contribution in [1.82, 2.24) is 15.1 Å². The number of aromatic amines is 1. The maximum Gasteiger partial charge on any atom is 0.257 e. The van der Waals surface area contributed by atoms with Crippen molar-refractivity contribution in [3.8, 4) is 0 Å². The number of rotatable bonds is 7. The van der Waals surface area contributed by atoms with Gasteiger partial charge in [0.15, 0.2) is 0 Å². The van der Waals surface area contributed by atoms with Gasteiger partial charge in [-0.3, -0.25) is 9.89 Å². The molecule has 1 aromatic rings. The SMILES string of the molecule is COCCN(C(=O)c1cn[nH]c1)C(C)COC. The van der Waals surface area contributed by atoms with Gasteiger partial charge < -0.3 is 14.4 Å². The molecule has 6 nitrogen and oxygen atoms in total. The number of hydrogen-bond donors (Lipinski definition) is 1. The summed E-state index contributed by atoms with van der Waals surface area (Å²) in [6, 6.07) is -0.00227. The second kappa shape index (κ2) is 7.03. The van der Waals surface area contributed by atoms with Gasteiger partial charge in [0, 0.05) is 27.0 Å². The van der Waals surface area contributed by atoms with Crippen molar-refractivity contribution in [2.24, 2.45) is 0 Å². The van der Waals surface area contributed by atoms with E-state index < -0.39 is 0 Å². The molecule has 0 saturated heterocycles. The summed E-state index contributed by atoms with van der Waals surface area (Å²) in [5.74, 6) is -0.0691. The van der Waals surface area contributed by atoms with Crippen molar-refractivity contribution >= 4 is 5.91 Å². The average molecular weight is 241 g/mol. The standard InChI is InChI=1S/C11H19N3O3/c1-9(8-17-3)14(4-5-16-2)11(15)10-6-12-13-7-10/h6-7,9H,4-5,8H2,1-3H3,(H,12,13). The van der Waals surface area contributed by atoms with Crippen LogP contribution < -0.4 is 0 Å². The van der Waals surface area contributed by atoms with E-state index in [1.165, 1.54) is 6.20 Å². The van der Waals surface area contributed by atoms with Gasteiger partial charge in [0.05, 0.1) is 31.0 Å². The van der Waals surface area contributed by atoms with Crippen LogP contribution in [0.5, 0.6) is 0 Å². The summed E-state index contributed by atoms with van der Waals surface area (Å²) in [6.45, 7) is 3.47. The third kappa shape index (κ3) is 3.83. The van der Waals surface area contributed by atoms with Crippen molar-refractivity contribution in [2.45, 2.75) is 13.0 Å². The van der Waals surface area contributed by atoms with Crippen molar-refractivity contribution in [3.05, 3.63) is 18.0 Å². The van der Waals surface area contributed by atoms with Crippen LogP contribution in [0.25, 0.3) is 0 Å². The summed E-state index contributed by atoms with van der Waals surface area (Å²) >= 11 is 0. The molecule has 96 valence electrons. The Morgan fingerprint density at radius 2 is 2.29 bits per heavy atom. The van der Waals surface area contributed by atoms with Crippen LogP contribution >= 0.6 is 0 Å². The van der Waals surface area contributed by atoms with Gasteiger partial charge in [0.25, 0.3) is 5.91 Å². The lowest BCUT2D eigenvalue weighted by Gasteiger charge is -2.28. The number of carbonyl (C=O) groups excluding carboxylic acids is 1. The minimum atomic E-state index is -0.0691. The van der Waals surface area contributed by atoms with E-state index in [0.29, 0.717) is 25.3 Å². The summed E-state index contributed by atoms with van der Waals surface area (Å²) in [5.41, 5.74) is 0.545. The van der Waals surface area contributed by atoms with Crippen LogP contribution in [0, 0.1) is 0 Å². The zero-order valence-electron chi connectivity index (χ0n) is 10.5. The van der Waals surface area contributed by atoms with Crippen LogP contribution in [-0.2, 0) is 9.47 Å². The van der Waals surface area contributed by atoms with Crippen LogP contribution in [0.1, 0.15) is 17.3 Å². The molecule has 0 aromatic carbocycles. The highest BCUT2D eigenvalue weighted by Crippen LogP contribution is 2.07. The lowest BCUT2D eigenvalue weighted by Crippen LogP contribution is -2.42. The molecule has 1 atom stereocenters. The van der Waals surface area contributed by atoms with Crippen LogP contribution in [-0.4, -0.2) is 61.0 Å². The largest absolute Gasteiger partial charge is 0.383 e. The highest BCUT2D eigenvalue weighted by Gasteiger charge is 2.21. The maximum absolute atomic E-state index is 12.2. The number of ether oxygens (including phenoxy) is 2. The fraction of sp³-hybridized carbons (Fsp3) is 0.636. The topological polar surface area (TPSA) is 67.5 Å². The number of H-pyrrole nitrogens is 1. The zero-order chi connectivity index (χ0) is 12.7. The molecule has 0 aliphatic carbocycles. The van der Waals surface area contributed by atoms with Gasteiger partial charge in [-0.2, -0.15) is 5.10 Å². The minimum absolute atomic E-state index is 0.00227. The number of carbonyl (C=O) groups is 1. The zero-order valence-corrected chi connectivity index (χ0v) is 10.5. The highest BCUT2D eigenvalue weighted by atomic mass is 16.5. The Balaban J connectivity index is 2.71. The lowest BCUT2D eigenvalue weighted by molar-refractivity contribution is 0.0479. The third-order valence-corrected chi connectivity index (χ3v) is 2.48. The Morgan fingerprint density at radius 1 is 1.53 bits per heavy atom. The van der Waals surface area contributed by atoms with Crippen molar-refractivity contribution in [1.29, 1.82) is 0 Å². The second-order valence-electron chi connectivity index (χ2n) is 3.78. The molecule has 1 aromatic heterocycles. The number of methoxy groups -OCH3 is 2. The summed E-state index contributed by atoms with van der Waals surface area (Å²) < 4.78 is 10.1. The molecule has 0 saturated carbocycles. The number of aromatic nitrogens is 2. The predicted octanol–water partition coefficient (Wildman–Crippen LogP) is 0.533. The Labute approximate surface area is 101 Å². The molecule has 1 unspecified atom stereocenters. The van der Waals surface area contributed by atoms with Crippen LogP contribution in [0.15, 0.2) is 12.4 Å². The van der Waals surface area contributed by atoms with Gasteiger partial charge in [0.2, 0.25) is 0 Å². The van der Waals surface area contributed by atoms with Gasteiger partial charge in [0.1, 0.15) is 0 Å². The molecule has 0 aliphatic rings. The van der Waals surface area contributed by atoms with Gasteiger partial charge in [-0.15, -0.1) is 0 Å². The van der Waals surface area contributed by atoms with Crippen molar-refractivity contribution in [2.75, 3.05) is 34.0 Å². The molecule has 1 N–H and O–H groups in total. The first-order valence-corrected chi connectivity index (χ1v) is 5.48. The summed E-state index contributed by atoms with van der Waals surface area (Å²) in [4.78, 5) is 13.9. The van der Waals surface area contributed by atoms with E-state index in [2.05, 4.69) is 10.2 Å². The van der Waals surface area contributed by atoms with Gasteiger partial charge >= 0.3 is 0 Å². The fourth-order valence-corrected chi connectivity index (χ4v) is 1.58. The van der Waals surface area contributed by atoms with Gasteiger partial charge in [-0.1, -0.05) is 0 Å². The summed E-state index contributed by atoms with van der Waals surface area (Å²) in [6.07, 6.45) is 3.10. The molecule has 1 rings (SSSR count). The lowest BCUT2D eigenvalue weighted by atomic mass is 10.2. The second-order valence-corrected chi connectivity index (χ2v) is 3.78. The Kier molecular flexibility index (Phi) is 5.65. The Hall–Kier alpha value is -1.40. The first kappa shape index (κ1) is 13.7. The molecular weight excluding hydrogens is 222 g/mol. The minimum Gasteiger partial charge on any atom is -0.383 e. The number of nitrogens with zero attached hydrogens (tertiary/aromatic N) is 2. The Bertz CT molecular complexity index is 327. The molecular formula is C11H19N3O3. The van der Waals surface area contributed by atoms with E-state index in [4.69, 9.17) is 9.47 Å². The maximum atomic E-state index is 12.2. The molecule has 0 radical (unpaired) electrons. The number of nitrogens with one attached hydrogen (secondary N) is 1. The fourth-order valence-electron chi connectivity index (χ4n) is 1.58. The quantitative estimate of drug-likeness (QED) is 0.756. The van der Waals surface area contributed by atoms with Crippen LogP contribution in [0.3, 0.4) is 0 Å². The number of amides is 1.